The van der Waals surface area contributed by atoms with Crippen LogP contribution in [0, 0.1) is 0 Å². The lowest BCUT2D eigenvalue weighted by Crippen LogP contribution is -2.44. The molecule has 0 unspecified atom stereocenters. The van der Waals surface area contributed by atoms with Crippen LogP contribution in [-0.2, 0) is 6.42 Å². The highest BCUT2D eigenvalue weighted by Crippen LogP contribution is 2.44. The zero-order chi connectivity index (χ0) is 14.7. The number of piperazine rings is 1. The SMILES string of the molecule is COc1cc2c(c(CCN3CCNCC3)c1Cl)OCCO2. The molecule has 0 spiro atoms. The van der Waals surface area contributed by atoms with Crippen molar-refractivity contribution in [1.82, 2.24) is 10.2 Å². The number of rotatable bonds is 4. The first-order chi connectivity index (χ1) is 10.3. The maximum Gasteiger partial charge on any atom is 0.166 e. The van der Waals surface area contributed by atoms with Crippen molar-refractivity contribution in [1.29, 1.82) is 0 Å². The number of halogens is 1. The monoisotopic (exact) mass is 312 g/mol. The Kier molecular flexibility index (Phi) is 4.73. The van der Waals surface area contributed by atoms with Crippen LogP contribution in [0.1, 0.15) is 5.56 Å². The van der Waals surface area contributed by atoms with Gasteiger partial charge in [0.15, 0.2) is 11.5 Å². The first-order valence-electron chi connectivity index (χ1n) is 7.37. The molecule has 2 heterocycles. The molecule has 1 aromatic carbocycles. The molecule has 0 amide bonds. The molecule has 0 radical (unpaired) electrons. The summed E-state index contributed by atoms with van der Waals surface area (Å²) >= 11 is 6.47. The summed E-state index contributed by atoms with van der Waals surface area (Å²) in [5.74, 6) is 2.16. The lowest BCUT2D eigenvalue weighted by Gasteiger charge is -2.28. The molecule has 1 aromatic rings. The quantitative estimate of drug-likeness (QED) is 0.914. The Morgan fingerprint density at radius 2 is 2.05 bits per heavy atom. The molecule has 1 fully saturated rings. The van der Waals surface area contributed by atoms with Gasteiger partial charge in [-0.05, 0) is 6.42 Å². The largest absolute Gasteiger partial charge is 0.495 e. The van der Waals surface area contributed by atoms with E-state index in [0.717, 1.165) is 56.2 Å². The lowest BCUT2D eigenvalue weighted by molar-refractivity contribution is 0.168. The molecular formula is C15H21ClN2O3. The summed E-state index contributed by atoms with van der Waals surface area (Å²) in [6, 6.07) is 1.81. The Labute approximate surface area is 130 Å². The molecule has 116 valence electrons. The molecule has 5 nitrogen and oxygen atoms in total. The standard InChI is InChI=1S/C15H21ClN2O3/c1-19-12-10-13-15(21-9-8-20-13)11(14(12)16)2-5-18-6-3-17-4-7-18/h10,17H,2-9H2,1H3. The second-order valence-corrected chi connectivity index (χ2v) is 5.62. The molecule has 21 heavy (non-hydrogen) atoms. The predicted octanol–water partition coefficient (Wildman–Crippen LogP) is 1.57. The van der Waals surface area contributed by atoms with E-state index in [2.05, 4.69) is 10.2 Å². The summed E-state index contributed by atoms with van der Waals surface area (Å²) in [7, 11) is 1.62. The number of hydrogen-bond donors (Lipinski definition) is 1. The molecular weight excluding hydrogens is 292 g/mol. The normalized spacial score (nSPS) is 18.6. The molecule has 2 aliphatic rings. The van der Waals surface area contributed by atoms with Crippen LogP contribution in [0.3, 0.4) is 0 Å². The fourth-order valence-electron chi connectivity index (χ4n) is 2.78. The van der Waals surface area contributed by atoms with E-state index < -0.39 is 0 Å². The Hall–Kier alpha value is -1.17. The van der Waals surface area contributed by atoms with Gasteiger partial charge < -0.3 is 24.4 Å². The number of hydrogen-bond acceptors (Lipinski definition) is 5. The van der Waals surface area contributed by atoms with Crippen molar-refractivity contribution in [2.45, 2.75) is 6.42 Å². The average Bonchev–Trinajstić information content (AvgIpc) is 2.54. The van der Waals surface area contributed by atoms with Crippen molar-refractivity contribution in [3.8, 4) is 17.2 Å². The van der Waals surface area contributed by atoms with E-state index >= 15 is 0 Å². The topological polar surface area (TPSA) is 43.0 Å². The van der Waals surface area contributed by atoms with Crippen molar-refractivity contribution in [3.05, 3.63) is 16.7 Å². The molecule has 0 aromatic heterocycles. The van der Waals surface area contributed by atoms with Crippen molar-refractivity contribution in [2.24, 2.45) is 0 Å². The minimum atomic E-state index is 0.565. The van der Waals surface area contributed by atoms with E-state index in [4.69, 9.17) is 25.8 Å². The molecule has 0 saturated carbocycles. The highest BCUT2D eigenvalue weighted by atomic mass is 35.5. The third kappa shape index (κ3) is 3.20. The third-order valence-corrected chi connectivity index (χ3v) is 4.35. The Morgan fingerprint density at radius 1 is 1.29 bits per heavy atom. The average molecular weight is 313 g/mol. The summed E-state index contributed by atoms with van der Waals surface area (Å²) < 4.78 is 16.8. The maximum atomic E-state index is 6.47. The van der Waals surface area contributed by atoms with E-state index in [0.29, 0.717) is 24.0 Å². The van der Waals surface area contributed by atoms with Crippen molar-refractivity contribution in [2.75, 3.05) is 53.0 Å². The predicted molar refractivity (Wildman–Crippen MR) is 82.0 cm³/mol. The minimum absolute atomic E-state index is 0.565. The van der Waals surface area contributed by atoms with Gasteiger partial charge in [-0.2, -0.15) is 0 Å². The van der Waals surface area contributed by atoms with Gasteiger partial charge in [0.1, 0.15) is 19.0 Å². The Bertz CT molecular complexity index is 504. The van der Waals surface area contributed by atoms with E-state index in [1.54, 1.807) is 7.11 Å². The van der Waals surface area contributed by atoms with Crippen molar-refractivity contribution >= 4 is 11.6 Å². The van der Waals surface area contributed by atoms with Crippen LogP contribution in [-0.4, -0.2) is 57.9 Å². The summed E-state index contributed by atoms with van der Waals surface area (Å²) in [4.78, 5) is 2.43. The van der Waals surface area contributed by atoms with Gasteiger partial charge in [0.05, 0.1) is 12.1 Å². The van der Waals surface area contributed by atoms with Crippen molar-refractivity contribution < 1.29 is 14.2 Å². The van der Waals surface area contributed by atoms with E-state index in [1.807, 2.05) is 6.07 Å². The number of methoxy groups -OCH3 is 1. The maximum absolute atomic E-state index is 6.47. The summed E-state index contributed by atoms with van der Waals surface area (Å²) in [6.07, 6.45) is 0.835. The summed E-state index contributed by atoms with van der Waals surface area (Å²) in [5, 5.41) is 4.00. The van der Waals surface area contributed by atoms with Crippen LogP contribution in [0.25, 0.3) is 0 Å². The second-order valence-electron chi connectivity index (χ2n) is 5.24. The Balaban J connectivity index is 1.81. The van der Waals surface area contributed by atoms with E-state index in [1.165, 1.54) is 0 Å². The van der Waals surface area contributed by atoms with Crippen LogP contribution in [0.5, 0.6) is 17.2 Å². The molecule has 0 atom stereocenters. The van der Waals surface area contributed by atoms with Crippen LogP contribution in [0.4, 0.5) is 0 Å². The fraction of sp³-hybridized carbons (Fsp3) is 0.600. The van der Waals surface area contributed by atoms with Crippen LogP contribution >= 0.6 is 11.6 Å². The van der Waals surface area contributed by atoms with Gasteiger partial charge in [0, 0.05) is 44.4 Å². The first-order valence-corrected chi connectivity index (χ1v) is 7.75. The fourth-order valence-corrected chi connectivity index (χ4v) is 3.09. The van der Waals surface area contributed by atoms with Crippen LogP contribution < -0.4 is 19.5 Å². The Morgan fingerprint density at radius 3 is 2.81 bits per heavy atom. The zero-order valence-corrected chi connectivity index (χ0v) is 13.0. The molecule has 0 aliphatic carbocycles. The third-order valence-electron chi connectivity index (χ3n) is 3.94. The summed E-state index contributed by atoms with van der Waals surface area (Å²) in [5.41, 5.74) is 0.990. The van der Waals surface area contributed by atoms with Crippen LogP contribution in [0.15, 0.2) is 6.07 Å². The van der Waals surface area contributed by atoms with Gasteiger partial charge in [-0.1, -0.05) is 11.6 Å². The molecule has 3 rings (SSSR count). The van der Waals surface area contributed by atoms with Gasteiger partial charge in [0.25, 0.3) is 0 Å². The molecule has 1 saturated heterocycles. The number of benzene rings is 1. The number of fused-ring (bicyclic) bond motifs is 1. The molecule has 2 aliphatic heterocycles. The van der Waals surface area contributed by atoms with E-state index in [-0.39, 0.29) is 0 Å². The lowest BCUT2D eigenvalue weighted by atomic mass is 10.1. The smallest absolute Gasteiger partial charge is 0.166 e. The summed E-state index contributed by atoms with van der Waals surface area (Å²) in [6.45, 7) is 6.32. The van der Waals surface area contributed by atoms with Gasteiger partial charge in [-0.15, -0.1) is 0 Å². The number of ether oxygens (including phenoxy) is 3. The van der Waals surface area contributed by atoms with Gasteiger partial charge in [-0.3, -0.25) is 0 Å². The van der Waals surface area contributed by atoms with Crippen LogP contribution in [0.2, 0.25) is 5.02 Å². The van der Waals surface area contributed by atoms with Gasteiger partial charge in [0.2, 0.25) is 0 Å². The molecule has 0 bridgehead atoms. The zero-order valence-electron chi connectivity index (χ0n) is 12.3. The molecule has 1 N–H and O–H groups in total. The second kappa shape index (κ2) is 6.73. The van der Waals surface area contributed by atoms with Gasteiger partial charge >= 0.3 is 0 Å². The molecule has 6 heteroatoms. The first kappa shape index (κ1) is 14.8. The highest BCUT2D eigenvalue weighted by molar-refractivity contribution is 6.33. The number of nitrogens with zero attached hydrogens (tertiary/aromatic N) is 1. The van der Waals surface area contributed by atoms with Gasteiger partial charge in [-0.25, -0.2) is 0 Å². The van der Waals surface area contributed by atoms with E-state index in [9.17, 15) is 0 Å². The highest BCUT2D eigenvalue weighted by Gasteiger charge is 2.23. The number of nitrogens with one attached hydrogen (secondary N) is 1. The van der Waals surface area contributed by atoms with Crippen molar-refractivity contribution in [3.63, 3.8) is 0 Å². The minimum Gasteiger partial charge on any atom is -0.495 e.